The average Bonchev–Trinajstić information content (AvgIpc) is 2.94. The number of hydrogen-bond acceptors (Lipinski definition) is 4. The standard InChI is InChI=1S/C22H32O4Si/c1-7-8-9-27(5,6)26-20-11-15(14-23)10-17-16(20)12-19(24-4)18-13-22(2,3)25-21(17)18/h10-12,23H,7-9,13-14H2,1-6H3. The van der Waals surface area contributed by atoms with Gasteiger partial charge in [-0.05, 0) is 56.7 Å². The van der Waals surface area contributed by atoms with Gasteiger partial charge in [0, 0.05) is 22.8 Å². The zero-order valence-corrected chi connectivity index (χ0v) is 18.4. The molecular weight excluding hydrogens is 356 g/mol. The van der Waals surface area contributed by atoms with Gasteiger partial charge in [0.15, 0.2) is 0 Å². The number of fused-ring (bicyclic) bond motifs is 3. The summed E-state index contributed by atoms with van der Waals surface area (Å²) in [5, 5.41) is 11.8. The van der Waals surface area contributed by atoms with E-state index in [1.165, 1.54) is 12.8 Å². The number of ether oxygens (including phenoxy) is 2. The van der Waals surface area contributed by atoms with Crippen LogP contribution in [0.2, 0.25) is 19.1 Å². The van der Waals surface area contributed by atoms with Crippen molar-refractivity contribution in [2.75, 3.05) is 7.11 Å². The molecule has 0 aromatic heterocycles. The summed E-state index contributed by atoms with van der Waals surface area (Å²) in [6, 6.07) is 7.16. The second-order valence-corrected chi connectivity index (χ2v) is 13.0. The molecule has 0 saturated carbocycles. The Kier molecular flexibility index (Phi) is 5.46. The van der Waals surface area contributed by atoms with Gasteiger partial charge in [0.25, 0.3) is 0 Å². The zero-order valence-electron chi connectivity index (χ0n) is 17.4. The predicted molar refractivity (Wildman–Crippen MR) is 113 cm³/mol. The minimum atomic E-state index is -1.86. The second kappa shape index (κ2) is 7.36. The maximum Gasteiger partial charge on any atom is 0.245 e. The number of hydrogen-bond donors (Lipinski definition) is 1. The molecule has 148 valence electrons. The molecule has 1 heterocycles. The molecule has 0 spiro atoms. The molecule has 1 aliphatic heterocycles. The van der Waals surface area contributed by atoms with E-state index >= 15 is 0 Å². The van der Waals surface area contributed by atoms with E-state index in [0.29, 0.717) is 0 Å². The molecule has 0 radical (unpaired) electrons. The van der Waals surface area contributed by atoms with Crippen molar-refractivity contribution in [2.45, 2.75) is 71.4 Å². The smallest absolute Gasteiger partial charge is 0.245 e. The zero-order chi connectivity index (χ0) is 19.8. The van der Waals surface area contributed by atoms with Crippen molar-refractivity contribution in [1.82, 2.24) is 0 Å². The SMILES string of the molecule is CCCC[Si](C)(C)Oc1cc(CO)cc2c3c(c(OC)cc12)CC(C)(C)O3. The second-order valence-electron chi connectivity index (χ2n) is 8.74. The first-order chi connectivity index (χ1) is 12.7. The minimum Gasteiger partial charge on any atom is -0.544 e. The maximum atomic E-state index is 9.80. The Morgan fingerprint density at radius 2 is 1.89 bits per heavy atom. The first kappa shape index (κ1) is 20.0. The number of unbranched alkanes of at least 4 members (excludes halogenated alkanes) is 1. The van der Waals surface area contributed by atoms with Gasteiger partial charge in [-0.3, -0.25) is 0 Å². The highest BCUT2D eigenvalue weighted by molar-refractivity contribution is 6.71. The van der Waals surface area contributed by atoms with Gasteiger partial charge >= 0.3 is 0 Å². The van der Waals surface area contributed by atoms with E-state index in [4.69, 9.17) is 13.9 Å². The van der Waals surface area contributed by atoms with Gasteiger partial charge in [0.2, 0.25) is 8.32 Å². The third-order valence-corrected chi connectivity index (χ3v) is 7.53. The van der Waals surface area contributed by atoms with Gasteiger partial charge in [-0.1, -0.05) is 19.8 Å². The highest BCUT2D eigenvalue weighted by Gasteiger charge is 2.35. The first-order valence-electron chi connectivity index (χ1n) is 9.85. The van der Waals surface area contributed by atoms with Crippen LogP contribution in [0.3, 0.4) is 0 Å². The molecule has 5 heteroatoms. The summed E-state index contributed by atoms with van der Waals surface area (Å²) in [5.74, 6) is 2.54. The lowest BCUT2D eigenvalue weighted by atomic mass is 9.97. The van der Waals surface area contributed by atoms with Gasteiger partial charge < -0.3 is 19.0 Å². The number of methoxy groups -OCH3 is 1. The maximum absolute atomic E-state index is 9.80. The topological polar surface area (TPSA) is 47.9 Å². The van der Waals surface area contributed by atoms with Crippen LogP contribution in [0.5, 0.6) is 17.2 Å². The Labute approximate surface area is 163 Å². The molecule has 2 aromatic rings. The Bertz CT molecular complexity index is 842. The number of aliphatic hydroxyl groups is 1. The van der Waals surface area contributed by atoms with Crippen molar-refractivity contribution in [3.63, 3.8) is 0 Å². The van der Waals surface area contributed by atoms with Crippen molar-refractivity contribution in [3.8, 4) is 17.2 Å². The van der Waals surface area contributed by atoms with Crippen LogP contribution < -0.4 is 13.9 Å². The summed E-state index contributed by atoms with van der Waals surface area (Å²) in [5.41, 5.74) is 1.67. The van der Waals surface area contributed by atoms with Gasteiger partial charge in [-0.15, -0.1) is 0 Å². The number of rotatable bonds is 7. The summed E-state index contributed by atoms with van der Waals surface area (Å²) in [6.07, 6.45) is 3.14. The lowest BCUT2D eigenvalue weighted by Crippen LogP contribution is -2.33. The van der Waals surface area contributed by atoms with Gasteiger partial charge in [-0.2, -0.15) is 0 Å². The van der Waals surface area contributed by atoms with Gasteiger partial charge in [-0.25, -0.2) is 0 Å². The summed E-state index contributed by atoms with van der Waals surface area (Å²) in [4.78, 5) is 0. The molecule has 4 nitrogen and oxygen atoms in total. The Balaban J connectivity index is 2.17. The molecule has 0 saturated heterocycles. The largest absolute Gasteiger partial charge is 0.544 e. The molecule has 0 atom stereocenters. The lowest BCUT2D eigenvalue weighted by molar-refractivity contribution is 0.140. The van der Waals surface area contributed by atoms with Crippen LogP contribution in [-0.2, 0) is 13.0 Å². The van der Waals surface area contributed by atoms with Gasteiger partial charge in [0.05, 0.1) is 13.7 Å². The molecule has 0 fully saturated rings. The van der Waals surface area contributed by atoms with Crippen molar-refractivity contribution < 1.29 is 19.0 Å². The van der Waals surface area contributed by atoms with Crippen LogP contribution in [0.15, 0.2) is 18.2 Å². The third-order valence-electron chi connectivity index (χ3n) is 5.20. The van der Waals surface area contributed by atoms with E-state index < -0.39 is 8.32 Å². The summed E-state index contributed by atoms with van der Waals surface area (Å²) < 4.78 is 18.6. The van der Waals surface area contributed by atoms with Crippen molar-refractivity contribution in [3.05, 3.63) is 29.3 Å². The lowest BCUT2D eigenvalue weighted by Gasteiger charge is -2.26. The normalized spacial score (nSPS) is 15.5. The molecule has 2 aromatic carbocycles. The summed E-state index contributed by atoms with van der Waals surface area (Å²) >= 11 is 0. The summed E-state index contributed by atoms with van der Waals surface area (Å²) in [7, 11) is -0.159. The van der Waals surface area contributed by atoms with Crippen molar-refractivity contribution >= 4 is 19.1 Å². The van der Waals surface area contributed by atoms with Gasteiger partial charge in [0.1, 0.15) is 22.8 Å². The average molecular weight is 389 g/mol. The van der Waals surface area contributed by atoms with E-state index in [9.17, 15) is 5.11 Å². The monoisotopic (exact) mass is 388 g/mol. The molecule has 27 heavy (non-hydrogen) atoms. The first-order valence-corrected chi connectivity index (χ1v) is 13.0. The molecule has 1 aliphatic rings. The van der Waals surface area contributed by atoms with Crippen molar-refractivity contribution in [2.24, 2.45) is 0 Å². The quantitative estimate of drug-likeness (QED) is 0.642. The van der Waals surface area contributed by atoms with E-state index in [2.05, 4.69) is 39.9 Å². The van der Waals surface area contributed by atoms with Crippen LogP contribution in [0, 0.1) is 0 Å². The van der Waals surface area contributed by atoms with Crippen molar-refractivity contribution in [1.29, 1.82) is 0 Å². The minimum absolute atomic E-state index is 0.0204. The van der Waals surface area contributed by atoms with Crippen LogP contribution >= 0.6 is 0 Å². The van der Waals surface area contributed by atoms with E-state index in [1.54, 1.807) is 7.11 Å². The van der Waals surface area contributed by atoms with E-state index in [-0.39, 0.29) is 12.2 Å². The molecule has 0 amide bonds. The predicted octanol–water partition coefficient (Wildman–Crippen LogP) is 5.44. The van der Waals surface area contributed by atoms with E-state index in [1.807, 2.05) is 12.1 Å². The van der Waals surface area contributed by atoms with Crippen LogP contribution in [0.4, 0.5) is 0 Å². The molecule has 0 unspecified atom stereocenters. The fraction of sp³-hybridized carbons (Fsp3) is 0.545. The Morgan fingerprint density at radius 3 is 2.52 bits per heavy atom. The molecular formula is C22H32O4Si. The number of benzene rings is 2. The van der Waals surface area contributed by atoms with E-state index in [0.717, 1.165) is 51.6 Å². The fourth-order valence-electron chi connectivity index (χ4n) is 3.84. The Morgan fingerprint density at radius 1 is 1.15 bits per heavy atom. The van der Waals surface area contributed by atoms with Crippen LogP contribution in [0.1, 0.15) is 44.7 Å². The molecule has 0 bridgehead atoms. The molecule has 3 rings (SSSR count). The third kappa shape index (κ3) is 4.09. The Hall–Kier alpha value is -1.72. The highest BCUT2D eigenvalue weighted by atomic mass is 28.4. The summed E-state index contributed by atoms with van der Waals surface area (Å²) in [6.45, 7) is 10.9. The molecule has 0 aliphatic carbocycles. The molecule has 1 N–H and O–H groups in total. The number of aliphatic hydroxyl groups excluding tert-OH is 1. The van der Waals surface area contributed by atoms with Crippen LogP contribution in [-0.4, -0.2) is 26.1 Å². The van der Waals surface area contributed by atoms with Crippen LogP contribution in [0.25, 0.3) is 10.8 Å². The highest BCUT2D eigenvalue weighted by Crippen LogP contribution is 2.48. The fourth-order valence-corrected chi connectivity index (χ4v) is 5.92.